The van der Waals surface area contributed by atoms with Gasteiger partial charge in [0.25, 0.3) is 5.91 Å². The molecule has 31 heavy (non-hydrogen) atoms. The van der Waals surface area contributed by atoms with Crippen molar-refractivity contribution in [3.05, 3.63) is 69.2 Å². The highest BCUT2D eigenvalue weighted by Gasteiger charge is 2.21. The van der Waals surface area contributed by atoms with E-state index in [0.29, 0.717) is 27.6 Å². The van der Waals surface area contributed by atoms with E-state index in [1.807, 2.05) is 6.92 Å². The first-order valence-corrected chi connectivity index (χ1v) is 10.5. The summed E-state index contributed by atoms with van der Waals surface area (Å²) >= 11 is 12.0. The summed E-state index contributed by atoms with van der Waals surface area (Å²) in [6.07, 6.45) is 0.724. The Kier molecular flexibility index (Phi) is 9.30. The second-order valence-electron chi connectivity index (χ2n) is 6.85. The Hall–Kier alpha value is -2.61. The van der Waals surface area contributed by atoms with Gasteiger partial charge < -0.3 is 21.1 Å². The van der Waals surface area contributed by atoms with Crippen molar-refractivity contribution < 1.29 is 19.1 Å². The van der Waals surface area contributed by atoms with Crippen LogP contribution < -0.4 is 16.4 Å². The number of nitrogens with one attached hydrogen (secondary N) is 2. The first-order valence-electron chi connectivity index (χ1n) is 9.72. The summed E-state index contributed by atoms with van der Waals surface area (Å²) in [4.78, 5) is 35.9. The van der Waals surface area contributed by atoms with Gasteiger partial charge in [-0.2, -0.15) is 0 Å². The molecule has 0 saturated carbocycles. The molecule has 0 bridgehead atoms. The monoisotopic (exact) mass is 465 g/mol. The Balaban J connectivity index is 2.01. The topological polar surface area (TPSA) is 111 Å². The van der Waals surface area contributed by atoms with E-state index in [2.05, 4.69) is 15.4 Å². The van der Waals surface area contributed by atoms with Crippen LogP contribution in [-0.2, 0) is 14.3 Å². The van der Waals surface area contributed by atoms with E-state index >= 15 is 0 Å². The lowest BCUT2D eigenvalue weighted by Crippen LogP contribution is -2.36. The molecule has 0 aliphatic carbocycles. The zero-order valence-corrected chi connectivity index (χ0v) is 18.8. The van der Waals surface area contributed by atoms with E-state index in [0.717, 1.165) is 5.56 Å². The summed E-state index contributed by atoms with van der Waals surface area (Å²) in [6, 6.07) is 10.4. The molecule has 2 amide bonds. The maximum atomic E-state index is 12.7. The van der Waals surface area contributed by atoms with Crippen LogP contribution in [0.15, 0.2) is 42.5 Å². The van der Waals surface area contributed by atoms with Crippen LogP contribution in [0, 0.1) is 0 Å². The average Bonchev–Trinajstić information content (AvgIpc) is 2.75. The third-order valence-corrected chi connectivity index (χ3v) is 5.11. The van der Waals surface area contributed by atoms with Crippen molar-refractivity contribution in [3.63, 3.8) is 0 Å². The molecule has 0 spiro atoms. The Bertz CT molecular complexity index is 915. The third kappa shape index (κ3) is 7.24. The molecular weight excluding hydrogens is 441 g/mol. The Morgan fingerprint density at radius 3 is 2.19 bits per heavy atom. The molecule has 0 aromatic heterocycles. The van der Waals surface area contributed by atoms with Gasteiger partial charge in [0, 0.05) is 22.2 Å². The summed E-state index contributed by atoms with van der Waals surface area (Å²) in [6.45, 7) is 2.12. The Morgan fingerprint density at radius 2 is 1.65 bits per heavy atom. The number of halogens is 2. The molecular formula is C22H25Cl2N3O4. The van der Waals surface area contributed by atoms with Crippen LogP contribution in [0.2, 0.25) is 10.0 Å². The van der Waals surface area contributed by atoms with E-state index in [1.165, 1.54) is 7.11 Å². The van der Waals surface area contributed by atoms with Crippen LogP contribution in [0.25, 0.3) is 0 Å². The zero-order valence-electron chi connectivity index (χ0n) is 17.3. The van der Waals surface area contributed by atoms with Crippen LogP contribution in [0.3, 0.4) is 0 Å². The summed E-state index contributed by atoms with van der Waals surface area (Å²) in [7, 11) is 1.29. The molecule has 0 radical (unpaired) electrons. The third-order valence-electron chi connectivity index (χ3n) is 4.67. The predicted octanol–water partition coefficient (Wildman–Crippen LogP) is 3.55. The Morgan fingerprint density at radius 1 is 1.03 bits per heavy atom. The molecule has 7 nitrogen and oxygen atoms in total. The number of nitrogens with two attached hydrogens (primary N) is 1. The standard InChI is InChI=1S/C22H25Cl2N3O4/c1-3-18(27-22(30)20(25)15-10-16(23)12-17(24)11-15)13-4-6-14(7-5-13)21(29)26-9-8-19(28)31-2/h4-7,10-12,18,20H,3,8-9,25H2,1-2H3,(H,26,29)(H,27,30). The molecule has 0 heterocycles. The van der Waals surface area contributed by atoms with Gasteiger partial charge >= 0.3 is 5.97 Å². The highest BCUT2D eigenvalue weighted by Crippen LogP contribution is 2.24. The molecule has 4 N–H and O–H groups in total. The summed E-state index contributed by atoms with van der Waals surface area (Å²) in [5.74, 6) is -1.06. The lowest BCUT2D eigenvalue weighted by Gasteiger charge is -2.21. The fourth-order valence-corrected chi connectivity index (χ4v) is 3.48. The predicted molar refractivity (Wildman–Crippen MR) is 120 cm³/mol. The molecule has 2 aromatic carbocycles. The second-order valence-corrected chi connectivity index (χ2v) is 7.73. The molecule has 0 saturated heterocycles. The van der Waals surface area contributed by atoms with Crippen molar-refractivity contribution in [2.75, 3.05) is 13.7 Å². The minimum absolute atomic E-state index is 0.0996. The number of hydrogen-bond donors (Lipinski definition) is 3. The van der Waals surface area contributed by atoms with Crippen molar-refractivity contribution >= 4 is 41.0 Å². The first kappa shape index (κ1) is 24.7. The van der Waals surface area contributed by atoms with E-state index in [1.54, 1.807) is 42.5 Å². The van der Waals surface area contributed by atoms with E-state index in [4.69, 9.17) is 28.9 Å². The maximum Gasteiger partial charge on any atom is 0.307 e. The van der Waals surface area contributed by atoms with Gasteiger partial charge in [-0.15, -0.1) is 0 Å². The molecule has 2 rings (SSSR count). The number of methoxy groups -OCH3 is 1. The maximum absolute atomic E-state index is 12.7. The number of carbonyl (C=O) groups is 3. The van der Waals surface area contributed by atoms with Crippen molar-refractivity contribution in [3.8, 4) is 0 Å². The minimum Gasteiger partial charge on any atom is -0.469 e. The summed E-state index contributed by atoms with van der Waals surface area (Å²) in [5.41, 5.74) is 7.88. The fraction of sp³-hybridized carbons (Fsp3) is 0.318. The SMILES string of the molecule is CCC(NC(=O)C(N)c1cc(Cl)cc(Cl)c1)c1ccc(C(=O)NCCC(=O)OC)cc1. The molecule has 166 valence electrons. The van der Waals surface area contributed by atoms with E-state index in [-0.39, 0.29) is 30.8 Å². The van der Waals surface area contributed by atoms with Crippen molar-refractivity contribution in [2.45, 2.75) is 31.8 Å². The van der Waals surface area contributed by atoms with Crippen LogP contribution >= 0.6 is 23.2 Å². The quantitative estimate of drug-likeness (QED) is 0.490. The lowest BCUT2D eigenvalue weighted by atomic mass is 10.0. The number of rotatable bonds is 9. The highest BCUT2D eigenvalue weighted by atomic mass is 35.5. The van der Waals surface area contributed by atoms with Crippen molar-refractivity contribution in [2.24, 2.45) is 5.73 Å². The molecule has 2 aromatic rings. The van der Waals surface area contributed by atoms with Gasteiger partial charge in [0.05, 0.1) is 19.6 Å². The molecule has 0 aliphatic heterocycles. The minimum atomic E-state index is -0.926. The molecule has 9 heteroatoms. The zero-order chi connectivity index (χ0) is 23.0. The van der Waals surface area contributed by atoms with Gasteiger partial charge in [-0.25, -0.2) is 0 Å². The molecule has 2 atom stereocenters. The van der Waals surface area contributed by atoms with Gasteiger partial charge in [0.1, 0.15) is 6.04 Å². The fourth-order valence-electron chi connectivity index (χ4n) is 2.94. The van der Waals surface area contributed by atoms with Gasteiger partial charge in [-0.05, 0) is 47.9 Å². The normalized spacial score (nSPS) is 12.5. The van der Waals surface area contributed by atoms with Crippen LogP contribution in [-0.4, -0.2) is 31.4 Å². The van der Waals surface area contributed by atoms with Crippen LogP contribution in [0.5, 0.6) is 0 Å². The van der Waals surface area contributed by atoms with Crippen LogP contribution in [0.4, 0.5) is 0 Å². The van der Waals surface area contributed by atoms with Gasteiger partial charge in [0.2, 0.25) is 5.91 Å². The molecule has 0 fully saturated rings. The summed E-state index contributed by atoms with van der Waals surface area (Å²) < 4.78 is 4.53. The van der Waals surface area contributed by atoms with Crippen molar-refractivity contribution in [1.29, 1.82) is 0 Å². The van der Waals surface area contributed by atoms with Crippen LogP contribution in [0.1, 0.15) is 53.3 Å². The van der Waals surface area contributed by atoms with E-state index in [9.17, 15) is 14.4 Å². The van der Waals surface area contributed by atoms with Crippen molar-refractivity contribution in [1.82, 2.24) is 10.6 Å². The number of benzene rings is 2. The molecule has 2 unspecified atom stereocenters. The van der Waals surface area contributed by atoms with Gasteiger partial charge in [-0.1, -0.05) is 42.3 Å². The van der Waals surface area contributed by atoms with Gasteiger partial charge in [-0.3, -0.25) is 14.4 Å². The highest BCUT2D eigenvalue weighted by molar-refractivity contribution is 6.34. The first-order chi connectivity index (χ1) is 14.7. The number of amides is 2. The van der Waals surface area contributed by atoms with E-state index < -0.39 is 12.0 Å². The average molecular weight is 466 g/mol. The largest absolute Gasteiger partial charge is 0.469 e. The Labute approximate surface area is 191 Å². The smallest absolute Gasteiger partial charge is 0.307 e. The second kappa shape index (κ2) is 11.7. The molecule has 0 aliphatic rings. The summed E-state index contributed by atoms with van der Waals surface area (Å²) in [5, 5.41) is 6.38. The number of ether oxygens (including phenoxy) is 1. The number of hydrogen-bond acceptors (Lipinski definition) is 5. The number of esters is 1. The van der Waals surface area contributed by atoms with Gasteiger partial charge in [0.15, 0.2) is 0 Å². The lowest BCUT2D eigenvalue weighted by molar-refractivity contribution is -0.140. The number of carbonyl (C=O) groups excluding carboxylic acids is 3.